The highest BCUT2D eigenvalue weighted by atomic mass is 35.5. The zero-order valence-corrected chi connectivity index (χ0v) is 8.64. The van der Waals surface area contributed by atoms with Crippen molar-refractivity contribution in [2.24, 2.45) is 0 Å². The predicted molar refractivity (Wildman–Crippen MR) is 57.9 cm³/mol. The molecule has 4 N–H and O–H groups in total. The van der Waals surface area contributed by atoms with E-state index >= 15 is 0 Å². The van der Waals surface area contributed by atoms with Crippen LogP contribution in [0.15, 0.2) is 6.20 Å². The Bertz CT molecular complexity index is 534. The lowest BCUT2D eigenvalue weighted by Crippen LogP contribution is -2.04. The molecule has 8 nitrogen and oxygen atoms in total. The van der Waals surface area contributed by atoms with Crippen molar-refractivity contribution < 1.29 is 9.53 Å². The first-order valence-corrected chi connectivity index (χ1v) is 3.87. The molecule has 16 heavy (non-hydrogen) atoms. The number of nitrogens with two attached hydrogens (primary N) is 2. The van der Waals surface area contributed by atoms with Gasteiger partial charge in [-0.15, -0.1) is 12.4 Å². The van der Waals surface area contributed by atoms with Gasteiger partial charge in [0.1, 0.15) is 0 Å². The van der Waals surface area contributed by atoms with Crippen LogP contribution in [0.4, 0.5) is 11.8 Å². The smallest absolute Gasteiger partial charge is 0.299 e. The highest BCUT2D eigenvalue weighted by Gasteiger charge is 2.07. The molecule has 2 aromatic rings. The minimum Gasteiger partial charge on any atom is -0.408 e. The van der Waals surface area contributed by atoms with Gasteiger partial charge >= 0.3 is 0 Å². The number of nitrogen functional groups attached to an aromatic ring is 2. The summed E-state index contributed by atoms with van der Waals surface area (Å²) in [7, 11) is 0. The molecule has 2 heterocycles. The normalized spacial score (nSPS) is 9.50. The summed E-state index contributed by atoms with van der Waals surface area (Å²) < 4.78 is 4.50. The predicted octanol–water partition coefficient (Wildman–Crippen LogP) is -0.459. The lowest BCUT2D eigenvalue weighted by molar-refractivity contribution is -0.120. The number of hydrogen-bond donors (Lipinski definition) is 2. The van der Waals surface area contributed by atoms with Crippen molar-refractivity contribution in [3.05, 3.63) is 6.20 Å². The van der Waals surface area contributed by atoms with Crippen LogP contribution in [0.2, 0.25) is 0 Å². The first-order chi connectivity index (χ1) is 7.20. The molecule has 9 heteroatoms. The molecular formula is C7H7ClN6O2. The summed E-state index contributed by atoms with van der Waals surface area (Å²) >= 11 is 0. The van der Waals surface area contributed by atoms with E-state index < -0.39 is 0 Å². The molecule has 0 atom stereocenters. The van der Waals surface area contributed by atoms with Gasteiger partial charge in [-0.2, -0.15) is 9.97 Å². The zero-order chi connectivity index (χ0) is 10.8. The topological polar surface area (TPSA) is 130 Å². The zero-order valence-electron chi connectivity index (χ0n) is 7.82. The van der Waals surface area contributed by atoms with E-state index in [1.165, 1.54) is 6.20 Å². The maximum Gasteiger partial charge on any atom is 0.299 e. The summed E-state index contributed by atoms with van der Waals surface area (Å²) in [5.41, 5.74) is 11.4. The molecule has 0 radical (unpaired) electrons. The molecular weight excluding hydrogens is 236 g/mol. The number of fused-ring (bicyclic) bond motifs is 1. The van der Waals surface area contributed by atoms with Crippen molar-refractivity contribution in [2.45, 2.75) is 0 Å². The molecule has 0 fully saturated rings. The van der Waals surface area contributed by atoms with E-state index in [1.807, 2.05) is 0 Å². The number of rotatable bonds is 2. The van der Waals surface area contributed by atoms with Gasteiger partial charge in [-0.05, 0) is 0 Å². The number of halogens is 1. The second kappa shape index (κ2) is 4.53. The van der Waals surface area contributed by atoms with Crippen molar-refractivity contribution in [2.75, 3.05) is 11.5 Å². The van der Waals surface area contributed by atoms with E-state index in [2.05, 4.69) is 24.7 Å². The molecule has 84 valence electrons. The van der Waals surface area contributed by atoms with Crippen molar-refractivity contribution >= 4 is 41.8 Å². The number of hydrogen-bond acceptors (Lipinski definition) is 8. The molecule has 0 aromatic carbocycles. The van der Waals surface area contributed by atoms with Crippen molar-refractivity contribution in [3.8, 4) is 5.88 Å². The second-order valence-electron chi connectivity index (χ2n) is 2.56. The van der Waals surface area contributed by atoms with Gasteiger partial charge in [0.05, 0.1) is 6.20 Å². The lowest BCUT2D eigenvalue weighted by Gasteiger charge is -2.01. The van der Waals surface area contributed by atoms with E-state index in [0.29, 0.717) is 0 Å². The largest absolute Gasteiger partial charge is 0.408 e. The Labute approximate surface area is 95.5 Å². The maximum absolute atomic E-state index is 10.1. The van der Waals surface area contributed by atoms with Crippen LogP contribution in [-0.2, 0) is 4.79 Å². The van der Waals surface area contributed by atoms with Crippen LogP contribution in [0.5, 0.6) is 5.88 Å². The highest BCUT2D eigenvalue weighted by molar-refractivity contribution is 5.85. The van der Waals surface area contributed by atoms with Crippen LogP contribution in [0.1, 0.15) is 0 Å². The first-order valence-electron chi connectivity index (χ1n) is 3.87. The van der Waals surface area contributed by atoms with Crippen LogP contribution >= 0.6 is 12.4 Å². The van der Waals surface area contributed by atoms with Crippen molar-refractivity contribution in [3.63, 3.8) is 0 Å². The fraction of sp³-hybridized carbons (Fsp3) is 0. The van der Waals surface area contributed by atoms with E-state index in [0.717, 1.165) is 0 Å². The van der Waals surface area contributed by atoms with E-state index in [9.17, 15) is 4.79 Å². The SMILES string of the molecule is Cl.Nc1nc(N)c2nc(OC=O)cnc2n1. The summed E-state index contributed by atoms with van der Waals surface area (Å²) in [5.74, 6) is 0.122. The average Bonchev–Trinajstić information content (AvgIpc) is 2.19. The number of carbonyl (C=O) groups excluding carboxylic acids is 1. The van der Waals surface area contributed by atoms with Gasteiger partial charge in [0, 0.05) is 0 Å². The van der Waals surface area contributed by atoms with Gasteiger partial charge in [0.25, 0.3) is 6.47 Å². The number of anilines is 2. The molecule has 0 bridgehead atoms. The third-order valence-electron chi connectivity index (χ3n) is 1.60. The molecule has 2 rings (SSSR count). The van der Waals surface area contributed by atoms with Gasteiger partial charge in [0.2, 0.25) is 11.8 Å². The summed E-state index contributed by atoms with van der Waals surface area (Å²) in [6.45, 7) is 0.240. The molecule has 0 spiro atoms. The standard InChI is InChI=1S/C7H6N6O2.ClH/c8-5-4-6(13-7(9)12-5)10-1-3(11-4)15-2-14;/h1-2H,(H4,8,9,10,12,13);1H. The Morgan fingerprint density at radius 2 is 2.00 bits per heavy atom. The first kappa shape index (κ1) is 11.9. The Balaban J connectivity index is 0.00000128. The Morgan fingerprint density at radius 1 is 1.25 bits per heavy atom. The maximum atomic E-state index is 10.1. The second-order valence-corrected chi connectivity index (χ2v) is 2.56. The van der Waals surface area contributed by atoms with Crippen LogP contribution < -0.4 is 16.2 Å². The van der Waals surface area contributed by atoms with Gasteiger partial charge in [-0.1, -0.05) is 0 Å². The molecule has 0 aliphatic carbocycles. The van der Waals surface area contributed by atoms with Crippen LogP contribution in [0.25, 0.3) is 11.2 Å². The molecule has 2 aromatic heterocycles. The number of aromatic nitrogens is 4. The van der Waals surface area contributed by atoms with E-state index in [-0.39, 0.29) is 47.7 Å². The Kier molecular flexibility index (Phi) is 3.36. The lowest BCUT2D eigenvalue weighted by atomic mass is 10.4. The van der Waals surface area contributed by atoms with Gasteiger partial charge in [-0.25, -0.2) is 9.97 Å². The Hall–Kier alpha value is -2.22. The number of nitrogens with zero attached hydrogens (tertiary/aromatic N) is 4. The highest BCUT2D eigenvalue weighted by Crippen LogP contribution is 2.16. The minimum atomic E-state index is 0. The molecule has 0 saturated carbocycles. The summed E-state index contributed by atoms with van der Waals surface area (Å²) in [4.78, 5) is 25.3. The number of ether oxygens (including phenoxy) is 1. The van der Waals surface area contributed by atoms with Crippen LogP contribution in [0.3, 0.4) is 0 Å². The van der Waals surface area contributed by atoms with Crippen molar-refractivity contribution in [1.82, 2.24) is 19.9 Å². The third-order valence-corrected chi connectivity index (χ3v) is 1.60. The fourth-order valence-corrected chi connectivity index (χ4v) is 1.04. The van der Waals surface area contributed by atoms with Gasteiger partial charge < -0.3 is 16.2 Å². The molecule has 0 saturated heterocycles. The minimum absolute atomic E-state index is 0. The molecule has 0 unspecified atom stereocenters. The Morgan fingerprint density at radius 3 is 2.69 bits per heavy atom. The molecule has 0 amide bonds. The summed E-state index contributed by atoms with van der Waals surface area (Å²) in [5, 5.41) is 0. The quantitative estimate of drug-likeness (QED) is 0.677. The van der Waals surface area contributed by atoms with E-state index in [4.69, 9.17) is 11.5 Å². The summed E-state index contributed by atoms with van der Waals surface area (Å²) in [6.07, 6.45) is 1.24. The van der Waals surface area contributed by atoms with Gasteiger partial charge in [-0.3, -0.25) is 4.79 Å². The van der Waals surface area contributed by atoms with Gasteiger partial charge in [0.15, 0.2) is 17.0 Å². The molecule has 0 aliphatic heterocycles. The van der Waals surface area contributed by atoms with Crippen LogP contribution in [-0.4, -0.2) is 26.4 Å². The van der Waals surface area contributed by atoms with Crippen LogP contribution in [0, 0.1) is 0 Å². The van der Waals surface area contributed by atoms with E-state index in [1.54, 1.807) is 0 Å². The summed E-state index contributed by atoms with van der Waals surface area (Å²) in [6, 6.07) is 0. The fourth-order valence-electron chi connectivity index (χ4n) is 1.04. The van der Waals surface area contributed by atoms with Crippen molar-refractivity contribution in [1.29, 1.82) is 0 Å². The molecule has 0 aliphatic rings. The third kappa shape index (κ3) is 2.06. The monoisotopic (exact) mass is 242 g/mol. The average molecular weight is 243 g/mol. The number of carbonyl (C=O) groups is 1.